The Morgan fingerprint density at radius 3 is 2.58 bits per heavy atom. The van der Waals surface area contributed by atoms with Crippen LogP contribution in [0.4, 0.5) is 0 Å². The highest BCUT2D eigenvalue weighted by Gasteiger charge is 2.17. The second kappa shape index (κ2) is 4.82. The van der Waals surface area contributed by atoms with Gasteiger partial charge in [-0.25, -0.2) is 0 Å². The smallest absolute Gasteiger partial charge is 0.305 e. The third kappa shape index (κ3) is 4.79. The van der Waals surface area contributed by atoms with Gasteiger partial charge in [0.2, 0.25) is 0 Å². The van der Waals surface area contributed by atoms with Crippen LogP contribution in [0.3, 0.4) is 0 Å². The zero-order valence-electron chi connectivity index (χ0n) is 8.02. The molecule has 0 N–H and O–H groups in total. The number of methoxy groups -OCH3 is 1. The molecule has 0 rings (SSSR count). The van der Waals surface area contributed by atoms with Crippen molar-refractivity contribution in [3.63, 3.8) is 0 Å². The van der Waals surface area contributed by atoms with Gasteiger partial charge in [0.15, 0.2) is 0 Å². The maximum atomic E-state index is 10.8. The van der Waals surface area contributed by atoms with E-state index in [4.69, 9.17) is 6.42 Å². The van der Waals surface area contributed by atoms with E-state index in [1.54, 1.807) is 0 Å². The molecular weight excluding hydrogens is 152 g/mol. The lowest BCUT2D eigenvalue weighted by molar-refractivity contribution is -0.141. The van der Waals surface area contributed by atoms with Gasteiger partial charge in [-0.2, -0.15) is 0 Å². The highest BCUT2D eigenvalue weighted by atomic mass is 16.5. The summed E-state index contributed by atoms with van der Waals surface area (Å²) < 4.78 is 4.53. The van der Waals surface area contributed by atoms with Crippen LogP contribution in [0.1, 0.15) is 33.1 Å². The van der Waals surface area contributed by atoms with E-state index in [1.807, 2.05) is 0 Å². The molecule has 0 aliphatic carbocycles. The number of esters is 1. The number of terminal acetylenes is 1. The van der Waals surface area contributed by atoms with Gasteiger partial charge in [0.1, 0.15) is 0 Å². The Labute approximate surface area is 74.3 Å². The quantitative estimate of drug-likeness (QED) is 0.474. The van der Waals surface area contributed by atoms with Gasteiger partial charge < -0.3 is 4.74 Å². The first kappa shape index (κ1) is 11.0. The van der Waals surface area contributed by atoms with E-state index in [2.05, 4.69) is 24.5 Å². The van der Waals surface area contributed by atoms with Crippen LogP contribution in [-0.4, -0.2) is 13.1 Å². The normalized spacial score (nSPS) is 10.5. The number of carbonyl (C=O) groups is 1. The maximum absolute atomic E-state index is 10.8. The Balaban J connectivity index is 3.76. The van der Waals surface area contributed by atoms with Crippen molar-refractivity contribution in [3.8, 4) is 12.3 Å². The van der Waals surface area contributed by atoms with Gasteiger partial charge >= 0.3 is 5.97 Å². The molecule has 0 bridgehead atoms. The molecular formula is C10H16O2. The molecule has 68 valence electrons. The average molecular weight is 168 g/mol. The van der Waals surface area contributed by atoms with E-state index >= 15 is 0 Å². The van der Waals surface area contributed by atoms with Gasteiger partial charge in [-0.3, -0.25) is 4.79 Å². The SMILES string of the molecule is C#CCC(C)(C)CCC(=O)OC. The summed E-state index contributed by atoms with van der Waals surface area (Å²) in [6, 6.07) is 0. The first-order valence-electron chi connectivity index (χ1n) is 4.02. The third-order valence-corrected chi connectivity index (χ3v) is 1.81. The molecule has 0 saturated heterocycles. The molecule has 0 fully saturated rings. The van der Waals surface area contributed by atoms with E-state index in [0.29, 0.717) is 12.8 Å². The second-order valence-corrected chi connectivity index (χ2v) is 3.62. The molecule has 0 aromatic rings. The molecule has 2 nitrogen and oxygen atoms in total. The van der Waals surface area contributed by atoms with E-state index in [1.165, 1.54) is 7.11 Å². The standard InChI is InChI=1S/C10H16O2/c1-5-7-10(2,3)8-6-9(11)12-4/h1H,6-8H2,2-4H3. The molecule has 0 aromatic heterocycles. The van der Waals surface area contributed by atoms with Crippen molar-refractivity contribution in [1.29, 1.82) is 0 Å². The van der Waals surface area contributed by atoms with Crippen LogP contribution in [0.15, 0.2) is 0 Å². The highest BCUT2D eigenvalue weighted by Crippen LogP contribution is 2.25. The predicted octanol–water partition coefficient (Wildman–Crippen LogP) is 1.99. The molecule has 0 spiro atoms. The van der Waals surface area contributed by atoms with Gasteiger partial charge in [-0.15, -0.1) is 12.3 Å². The van der Waals surface area contributed by atoms with Crippen molar-refractivity contribution in [2.24, 2.45) is 5.41 Å². The van der Waals surface area contributed by atoms with Crippen LogP contribution < -0.4 is 0 Å². The van der Waals surface area contributed by atoms with Crippen molar-refractivity contribution in [3.05, 3.63) is 0 Å². The summed E-state index contributed by atoms with van der Waals surface area (Å²) in [6.45, 7) is 4.10. The Morgan fingerprint density at radius 1 is 1.58 bits per heavy atom. The molecule has 0 aliphatic heterocycles. The van der Waals surface area contributed by atoms with Crippen LogP contribution in [-0.2, 0) is 9.53 Å². The topological polar surface area (TPSA) is 26.3 Å². The molecule has 0 amide bonds. The van der Waals surface area contributed by atoms with Crippen molar-refractivity contribution >= 4 is 5.97 Å². The van der Waals surface area contributed by atoms with Gasteiger partial charge in [0, 0.05) is 12.8 Å². The Hall–Kier alpha value is -0.970. The molecule has 0 heterocycles. The van der Waals surface area contributed by atoms with Crippen LogP contribution in [0.2, 0.25) is 0 Å². The summed E-state index contributed by atoms with van der Waals surface area (Å²) in [7, 11) is 1.40. The number of carbonyl (C=O) groups excluding carboxylic acids is 1. The first-order chi connectivity index (χ1) is 5.52. The van der Waals surface area contributed by atoms with Gasteiger partial charge in [0.05, 0.1) is 7.11 Å². The lowest BCUT2D eigenvalue weighted by Gasteiger charge is -2.20. The minimum Gasteiger partial charge on any atom is -0.469 e. The molecule has 0 aromatic carbocycles. The van der Waals surface area contributed by atoms with Crippen molar-refractivity contribution in [2.75, 3.05) is 7.11 Å². The number of hydrogen-bond acceptors (Lipinski definition) is 2. The fourth-order valence-electron chi connectivity index (χ4n) is 0.907. The van der Waals surface area contributed by atoms with Crippen molar-refractivity contribution in [2.45, 2.75) is 33.1 Å². The van der Waals surface area contributed by atoms with Crippen LogP contribution in [0.5, 0.6) is 0 Å². The summed E-state index contributed by atoms with van der Waals surface area (Å²) in [5.74, 6) is 2.43. The fourth-order valence-corrected chi connectivity index (χ4v) is 0.907. The van der Waals surface area contributed by atoms with Gasteiger partial charge in [-0.1, -0.05) is 13.8 Å². The summed E-state index contributed by atoms with van der Waals surface area (Å²) >= 11 is 0. The summed E-state index contributed by atoms with van der Waals surface area (Å²) in [6.07, 6.45) is 7.12. The van der Waals surface area contributed by atoms with Gasteiger partial charge in [-0.05, 0) is 11.8 Å². The Morgan fingerprint density at radius 2 is 2.17 bits per heavy atom. The predicted molar refractivity (Wildman–Crippen MR) is 48.5 cm³/mol. The second-order valence-electron chi connectivity index (χ2n) is 3.62. The summed E-state index contributed by atoms with van der Waals surface area (Å²) in [5.41, 5.74) is 0.0446. The molecule has 12 heavy (non-hydrogen) atoms. The van der Waals surface area contributed by atoms with E-state index in [9.17, 15) is 4.79 Å². The monoisotopic (exact) mass is 168 g/mol. The van der Waals surface area contributed by atoms with Crippen LogP contribution >= 0.6 is 0 Å². The Kier molecular flexibility index (Phi) is 4.43. The average Bonchev–Trinajstić information content (AvgIpc) is 2.00. The van der Waals surface area contributed by atoms with Crippen LogP contribution in [0.25, 0.3) is 0 Å². The zero-order valence-corrected chi connectivity index (χ0v) is 8.02. The molecule has 0 atom stereocenters. The minimum absolute atomic E-state index is 0.0446. The molecule has 0 unspecified atom stereocenters. The molecule has 0 aliphatic rings. The molecule has 2 heteroatoms. The van der Waals surface area contributed by atoms with Crippen LogP contribution in [0, 0.1) is 17.8 Å². The number of hydrogen-bond donors (Lipinski definition) is 0. The first-order valence-corrected chi connectivity index (χ1v) is 4.02. The highest BCUT2D eigenvalue weighted by molar-refractivity contribution is 5.69. The number of ether oxygens (including phenoxy) is 1. The Bertz CT molecular complexity index is 187. The fraction of sp³-hybridized carbons (Fsp3) is 0.700. The van der Waals surface area contributed by atoms with Crippen molar-refractivity contribution in [1.82, 2.24) is 0 Å². The molecule has 0 saturated carbocycles. The van der Waals surface area contributed by atoms with E-state index < -0.39 is 0 Å². The van der Waals surface area contributed by atoms with E-state index in [-0.39, 0.29) is 11.4 Å². The summed E-state index contributed by atoms with van der Waals surface area (Å²) in [5, 5.41) is 0. The van der Waals surface area contributed by atoms with Crippen molar-refractivity contribution < 1.29 is 9.53 Å². The largest absolute Gasteiger partial charge is 0.469 e. The van der Waals surface area contributed by atoms with Gasteiger partial charge in [0.25, 0.3) is 0 Å². The minimum atomic E-state index is -0.167. The summed E-state index contributed by atoms with van der Waals surface area (Å²) in [4.78, 5) is 10.8. The third-order valence-electron chi connectivity index (χ3n) is 1.81. The zero-order chi connectivity index (χ0) is 9.61. The molecule has 0 radical (unpaired) electrons. The number of rotatable bonds is 4. The lowest BCUT2D eigenvalue weighted by Crippen LogP contribution is -2.13. The van der Waals surface area contributed by atoms with E-state index in [0.717, 1.165) is 6.42 Å². The lowest BCUT2D eigenvalue weighted by atomic mass is 9.85. The maximum Gasteiger partial charge on any atom is 0.305 e.